The van der Waals surface area contributed by atoms with Crippen molar-refractivity contribution >= 4 is 23.6 Å². The number of benzene rings is 2. The number of rotatable bonds is 4. The van der Waals surface area contributed by atoms with Crippen LogP contribution >= 0.6 is 0 Å². The Morgan fingerprint density at radius 2 is 1.78 bits per heavy atom. The van der Waals surface area contributed by atoms with Gasteiger partial charge in [0.25, 0.3) is 5.56 Å². The first-order valence-electron chi connectivity index (χ1n) is 9.26. The molecule has 4 rings (SSSR count). The molecule has 1 aliphatic rings. The Kier molecular flexibility index (Phi) is 4.40. The van der Waals surface area contributed by atoms with E-state index in [-0.39, 0.29) is 5.56 Å². The lowest BCUT2D eigenvalue weighted by Gasteiger charge is -2.29. The minimum Gasteiger partial charge on any atom is -0.338 e. The normalized spacial score (nSPS) is 12.3. The van der Waals surface area contributed by atoms with Crippen molar-refractivity contribution in [2.45, 2.75) is 26.7 Å². The first kappa shape index (κ1) is 17.3. The molecule has 2 aromatic carbocycles. The molecule has 0 fully saturated rings. The maximum Gasteiger partial charge on any atom is 0.276 e. The first-order valence-corrected chi connectivity index (χ1v) is 9.26. The van der Waals surface area contributed by atoms with Crippen molar-refractivity contribution in [3.8, 4) is 0 Å². The van der Waals surface area contributed by atoms with Gasteiger partial charge in [-0.2, -0.15) is 0 Å². The van der Waals surface area contributed by atoms with Crippen molar-refractivity contribution in [1.82, 2.24) is 4.98 Å². The van der Waals surface area contributed by atoms with Gasteiger partial charge in [-0.25, -0.2) is 4.99 Å². The second kappa shape index (κ2) is 6.88. The van der Waals surface area contributed by atoms with E-state index >= 15 is 0 Å². The minimum atomic E-state index is -0.186. The van der Waals surface area contributed by atoms with Gasteiger partial charge in [0.15, 0.2) is 5.36 Å². The summed E-state index contributed by atoms with van der Waals surface area (Å²) in [6.45, 7) is 8.91. The Labute approximate surface area is 158 Å². The number of aromatic amines is 1. The fourth-order valence-electron chi connectivity index (χ4n) is 3.57. The van der Waals surface area contributed by atoms with Crippen molar-refractivity contribution in [1.29, 1.82) is 0 Å². The van der Waals surface area contributed by atoms with Crippen molar-refractivity contribution in [2.75, 3.05) is 11.4 Å². The lowest BCUT2D eigenvalue weighted by molar-refractivity contribution is 0.798. The van der Waals surface area contributed by atoms with Gasteiger partial charge in [-0.1, -0.05) is 36.9 Å². The standard InChI is InChI=1S/C23H23N3O/c1-15-12-19-20(13-16(15)2)26(11-7-10-18-8-5-4-6-9-18)21-14-17(3)24-23(27)22(21)25-19/h4-6,8-9,12-14H,3,7,10-11H2,1-2H3,(H,24,27). The molecule has 4 nitrogen and oxygen atoms in total. The van der Waals surface area contributed by atoms with Crippen LogP contribution in [0.5, 0.6) is 0 Å². The summed E-state index contributed by atoms with van der Waals surface area (Å²) in [4.78, 5) is 22.1. The van der Waals surface area contributed by atoms with E-state index in [4.69, 9.17) is 0 Å². The van der Waals surface area contributed by atoms with Gasteiger partial charge in [0, 0.05) is 11.9 Å². The zero-order valence-electron chi connectivity index (χ0n) is 15.7. The van der Waals surface area contributed by atoms with Gasteiger partial charge < -0.3 is 9.88 Å². The largest absolute Gasteiger partial charge is 0.338 e. The molecule has 1 aromatic heterocycles. The van der Waals surface area contributed by atoms with Crippen LogP contribution in [0.3, 0.4) is 0 Å². The second-order valence-electron chi connectivity index (χ2n) is 7.14. The summed E-state index contributed by atoms with van der Waals surface area (Å²) in [5, 5.41) is 1.08. The molecule has 3 aromatic rings. The predicted octanol–water partition coefficient (Wildman–Crippen LogP) is 3.44. The van der Waals surface area contributed by atoms with Crippen LogP contribution in [0.25, 0.3) is 6.58 Å². The van der Waals surface area contributed by atoms with E-state index in [0.717, 1.165) is 36.4 Å². The van der Waals surface area contributed by atoms with Crippen LogP contribution in [0.2, 0.25) is 0 Å². The molecule has 4 heteroatoms. The SMILES string of the molecule is C=c1cc2c(c(=O)[nH]1)=Nc1cc(C)c(C)cc1N2CCCc1ccccc1. The monoisotopic (exact) mass is 357 g/mol. The molecular formula is C23H23N3O. The molecule has 136 valence electrons. The van der Waals surface area contributed by atoms with E-state index in [2.05, 4.69) is 71.7 Å². The number of nitrogens with one attached hydrogen (secondary N) is 1. The third-order valence-electron chi connectivity index (χ3n) is 5.14. The molecule has 0 unspecified atom stereocenters. The quantitative estimate of drug-likeness (QED) is 0.778. The Balaban J connectivity index is 1.76. The number of anilines is 2. The summed E-state index contributed by atoms with van der Waals surface area (Å²) in [7, 11) is 0. The molecule has 27 heavy (non-hydrogen) atoms. The smallest absolute Gasteiger partial charge is 0.276 e. The third kappa shape index (κ3) is 3.31. The Morgan fingerprint density at radius 3 is 2.56 bits per heavy atom. The first-order chi connectivity index (χ1) is 13.0. The lowest BCUT2D eigenvalue weighted by atomic mass is 10.0. The molecule has 0 aliphatic carbocycles. The summed E-state index contributed by atoms with van der Waals surface area (Å²) < 4.78 is 0. The van der Waals surface area contributed by atoms with Crippen molar-refractivity contribution in [3.05, 3.63) is 86.3 Å². The average molecular weight is 357 g/mol. The van der Waals surface area contributed by atoms with E-state index in [1.165, 1.54) is 16.7 Å². The summed E-state index contributed by atoms with van der Waals surface area (Å²) in [6.07, 6.45) is 1.97. The van der Waals surface area contributed by atoms with E-state index in [0.29, 0.717) is 10.7 Å². The third-order valence-corrected chi connectivity index (χ3v) is 5.14. The van der Waals surface area contributed by atoms with Gasteiger partial charge in [-0.15, -0.1) is 0 Å². The van der Waals surface area contributed by atoms with Gasteiger partial charge in [0.1, 0.15) is 0 Å². The number of hydrogen-bond acceptors (Lipinski definition) is 3. The Morgan fingerprint density at radius 1 is 1.04 bits per heavy atom. The zero-order chi connectivity index (χ0) is 19.0. The zero-order valence-corrected chi connectivity index (χ0v) is 15.7. The molecule has 1 N–H and O–H groups in total. The number of aromatic nitrogens is 1. The van der Waals surface area contributed by atoms with Gasteiger partial charge >= 0.3 is 0 Å². The molecule has 0 bridgehead atoms. The van der Waals surface area contributed by atoms with E-state index < -0.39 is 0 Å². The van der Waals surface area contributed by atoms with Gasteiger partial charge in [0.05, 0.1) is 17.1 Å². The molecule has 0 saturated heterocycles. The number of fused-ring (bicyclic) bond motifs is 2. The summed E-state index contributed by atoms with van der Waals surface area (Å²) in [6, 6.07) is 16.6. The molecule has 0 atom stereocenters. The highest BCUT2D eigenvalue weighted by Crippen LogP contribution is 2.37. The van der Waals surface area contributed by atoms with E-state index in [1.807, 2.05) is 12.1 Å². The number of H-pyrrole nitrogens is 1. The lowest BCUT2D eigenvalue weighted by Crippen LogP contribution is -2.40. The Hall–Kier alpha value is -3.14. The molecular weight excluding hydrogens is 334 g/mol. The molecule has 0 amide bonds. The van der Waals surface area contributed by atoms with Crippen LogP contribution < -0.4 is 21.2 Å². The van der Waals surface area contributed by atoms with Crippen molar-refractivity contribution in [3.63, 3.8) is 0 Å². The van der Waals surface area contributed by atoms with Crippen LogP contribution in [0.15, 0.2) is 58.3 Å². The molecule has 2 heterocycles. The van der Waals surface area contributed by atoms with Crippen LogP contribution in [0.1, 0.15) is 23.1 Å². The van der Waals surface area contributed by atoms with Crippen LogP contribution in [-0.4, -0.2) is 11.5 Å². The fourth-order valence-corrected chi connectivity index (χ4v) is 3.57. The van der Waals surface area contributed by atoms with Gasteiger partial charge in [-0.05, 0) is 61.6 Å². The van der Waals surface area contributed by atoms with E-state index in [1.54, 1.807) is 0 Å². The second-order valence-corrected chi connectivity index (χ2v) is 7.14. The summed E-state index contributed by atoms with van der Waals surface area (Å²) in [5.41, 5.74) is 6.29. The molecule has 1 aliphatic heterocycles. The highest BCUT2D eigenvalue weighted by Gasteiger charge is 2.21. The average Bonchev–Trinajstić information content (AvgIpc) is 2.64. The molecule has 0 saturated carbocycles. The van der Waals surface area contributed by atoms with Crippen LogP contribution in [0.4, 0.5) is 17.1 Å². The topological polar surface area (TPSA) is 48.5 Å². The van der Waals surface area contributed by atoms with E-state index in [9.17, 15) is 4.79 Å². The van der Waals surface area contributed by atoms with Crippen LogP contribution in [-0.2, 0) is 6.42 Å². The van der Waals surface area contributed by atoms with Crippen LogP contribution in [0, 0.1) is 13.8 Å². The Bertz CT molecular complexity index is 1160. The number of nitrogens with zero attached hydrogens (tertiary/aromatic N) is 2. The summed E-state index contributed by atoms with van der Waals surface area (Å²) >= 11 is 0. The number of hydrogen-bond donors (Lipinski definition) is 1. The maximum atomic E-state index is 12.5. The van der Waals surface area contributed by atoms with Gasteiger partial charge in [-0.3, -0.25) is 4.79 Å². The summed E-state index contributed by atoms with van der Waals surface area (Å²) in [5.74, 6) is 0. The van der Waals surface area contributed by atoms with Gasteiger partial charge in [0.2, 0.25) is 0 Å². The van der Waals surface area contributed by atoms with Crippen molar-refractivity contribution in [2.24, 2.45) is 4.99 Å². The molecule has 0 spiro atoms. The maximum absolute atomic E-state index is 12.5. The van der Waals surface area contributed by atoms with Crippen molar-refractivity contribution < 1.29 is 0 Å². The highest BCUT2D eigenvalue weighted by atomic mass is 16.1. The number of pyridine rings is 1. The number of aryl methyl sites for hydroxylation is 3. The molecule has 0 radical (unpaired) electrons. The minimum absolute atomic E-state index is 0.186. The highest BCUT2D eigenvalue weighted by molar-refractivity contribution is 5.78. The fraction of sp³-hybridized carbons (Fsp3) is 0.217. The predicted molar refractivity (Wildman–Crippen MR) is 111 cm³/mol.